The molecule has 1 aromatic heterocycles. The van der Waals surface area contributed by atoms with Gasteiger partial charge in [-0.15, -0.1) is 5.10 Å². The average molecular weight is 224 g/mol. The van der Waals surface area contributed by atoms with Crippen molar-refractivity contribution in [3.63, 3.8) is 0 Å². The maximum absolute atomic E-state index is 11.5. The molecule has 1 N–H and O–H groups in total. The second kappa shape index (κ2) is 5.63. The van der Waals surface area contributed by atoms with Gasteiger partial charge in [-0.05, 0) is 34.1 Å². The lowest BCUT2D eigenvalue weighted by Gasteiger charge is -2.10. The van der Waals surface area contributed by atoms with Crippen molar-refractivity contribution in [1.29, 1.82) is 0 Å². The number of aryl methyl sites for hydroxylation is 1. The van der Waals surface area contributed by atoms with E-state index in [4.69, 9.17) is 0 Å². The number of carbonyl (C=O) groups excluding carboxylic acids is 1. The topological polar surface area (TPSA) is 59.8 Å². The van der Waals surface area contributed by atoms with E-state index in [1.165, 1.54) is 0 Å². The van der Waals surface area contributed by atoms with E-state index in [-0.39, 0.29) is 18.0 Å². The van der Waals surface area contributed by atoms with Crippen molar-refractivity contribution in [2.24, 2.45) is 0 Å². The Morgan fingerprint density at radius 2 is 2.12 bits per heavy atom. The fraction of sp³-hybridized carbons (Fsp3) is 0.727. The molecule has 0 unspecified atom stereocenters. The van der Waals surface area contributed by atoms with Crippen LogP contribution in [-0.4, -0.2) is 26.9 Å². The van der Waals surface area contributed by atoms with E-state index in [0.717, 1.165) is 5.69 Å². The Labute approximate surface area is 96.2 Å². The van der Waals surface area contributed by atoms with Gasteiger partial charge in [0.2, 0.25) is 5.91 Å². The highest BCUT2D eigenvalue weighted by molar-refractivity contribution is 5.76. The molecule has 0 aromatic carbocycles. The fourth-order valence-corrected chi connectivity index (χ4v) is 1.51. The Kier molecular flexibility index (Phi) is 4.46. The van der Waals surface area contributed by atoms with Crippen LogP contribution in [0.15, 0.2) is 6.20 Å². The zero-order valence-electron chi connectivity index (χ0n) is 10.4. The van der Waals surface area contributed by atoms with Crippen molar-refractivity contribution < 1.29 is 4.79 Å². The lowest BCUT2D eigenvalue weighted by atomic mass is 10.2. The van der Waals surface area contributed by atoms with Crippen molar-refractivity contribution in [2.75, 3.05) is 0 Å². The van der Waals surface area contributed by atoms with Crippen molar-refractivity contribution in [1.82, 2.24) is 20.3 Å². The zero-order valence-corrected chi connectivity index (χ0v) is 10.4. The third-order valence-corrected chi connectivity index (χ3v) is 2.20. The van der Waals surface area contributed by atoms with Crippen LogP contribution < -0.4 is 5.32 Å². The number of amides is 1. The first-order valence-electron chi connectivity index (χ1n) is 5.69. The quantitative estimate of drug-likeness (QED) is 0.820. The predicted molar refractivity (Wildman–Crippen MR) is 62.0 cm³/mol. The van der Waals surface area contributed by atoms with Crippen LogP contribution in [0.25, 0.3) is 0 Å². The molecule has 5 nitrogen and oxygen atoms in total. The molecule has 5 heteroatoms. The smallest absolute Gasteiger partial charge is 0.220 e. The van der Waals surface area contributed by atoms with Gasteiger partial charge in [0.25, 0.3) is 0 Å². The normalized spacial score (nSPS) is 11.1. The Morgan fingerprint density at radius 3 is 2.69 bits per heavy atom. The molecule has 90 valence electrons. The molecule has 1 heterocycles. The summed E-state index contributed by atoms with van der Waals surface area (Å²) >= 11 is 0. The molecule has 0 saturated carbocycles. The van der Waals surface area contributed by atoms with E-state index in [2.05, 4.69) is 15.6 Å². The minimum atomic E-state index is 0.0755. The van der Waals surface area contributed by atoms with Crippen LogP contribution in [0.1, 0.15) is 45.9 Å². The first-order valence-corrected chi connectivity index (χ1v) is 5.69. The van der Waals surface area contributed by atoms with Gasteiger partial charge >= 0.3 is 0 Å². The Balaban J connectivity index is 2.48. The number of nitrogens with zero attached hydrogens (tertiary/aromatic N) is 3. The van der Waals surface area contributed by atoms with Crippen LogP contribution in [0.3, 0.4) is 0 Å². The molecule has 16 heavy (non-hydrogen) atoms. The van der Waals surface area contributed by atoms with E-state index < -0.39 is 0 Å². The zero-order chi connectivity index (χ0) is 12.1. The highest BCUT2D eigenvalue weighted by Gasteiger charge is 2.09. The molecule has 0 aliphatic rings. The number of rotatable bonds is 5. The maximum Gasteiger partial charge on any atom is 0.220 e. The summed E-state index contributed by atoms with van der Waals surface area (Å²) in [5, 5.41) is 10.7. The largest absolute Gasteiger partial charge is 0.354 e. The van der Waals surface area contributed by atoms with Gasteiger partial charge in [0.15, 0.2) is 0 Å². The molecule has 0 spiro atoms. The number of hydrogen-bond acceptors (Lipinski definition) is 3. The Hall–Kier alpha value is -1.39. The highest BCUT2D eigenvalue weighted by atomic mass is 16.1. The van der Waals surface area contributed by atoms with Gasteiger partial charge in [0.05, 0.1) is 11.9 Å². The minimum Gasteiger partial charge on any atom is -0.354 e. The summed E-state index contributed by atoms with van der Waals surface area (Å²) in [6.07, 6.45) is 2.89. The van der Waals surface area contributed by atoms with Crippen molar-refractivity contribution in [3.05, 3.63) is 11.9 Å². The molecule has 0 fully saturated rings. The third kappa shape index (κ3) is 3.64. The number of hydrogen-bond donors (Lipinski definition) is 1. The van der Waals surface area contributed by atoms with Crippen LogP contribution in [-0.2, 0) is 11.2 Å². The molecule has 0 aliphatic carbocycles. The summed E-state index contributed by atoms with van der Waals surface area (Å²) in [5.41, 5.74) is 1.01. The van der Waals surface area contributed by atoms with E-state index in [0.29, 0.717) is 12.8 Å². The monoisotopic (exact) mass is 224 g/mol. The van der Waals surface area contributed by atoms with Crippen LogP contribution in [0, 0.1) is 0 Å². The lowest BCUT2D eigenvalue weighted by Crippen LogP contribution is -2.30. The molecule has 0 radical (unpaired) electrons. The van der Waals surface area contributed by atoms with Gasteiger partial charge in [-0.1, -0.05) is 5.21 Å². The minimum absolute atomic E-state index is 0.0755. The summed E-state index contributed by atoms with van der Waals surface area (Å²) in [6.45, 7) is 8.01. The molecule has 0 saturated heterocycles. The summed E-state index contributed by atoms with van der Waals surface area (Å²) in [4.78, 5) is 11.5. The molecular formula is C11H20N4O. The standard InChI is InChI=1S/C11H20N4O/c1-8(2)13-11(16)6-5-10-7-12-14-15(10)9(3)4/h7-9H,5-6H2,1-4H3,(H,13,16). The van der Waals surface area contributed by atoms with E-state index in [1.807, 2.05) is 32.4 Å². The second-order valence-corrected chi connectivity index (χ2v) is 4.49. The molecule has 1 aromatic rings. The summed E-state index contributed by atoms with van der Waals surface area (Å²) < 4.78 is 1.85. The maximum atomic E-state index is 11.5. The first-order chi connectivity index (χ1) is 7.50. The van der Waals surface area contributed by atoms with Crippen LogP contribution >= 0.6 is 0 Å². The van der Waals surface area contributed by atoms with E-state index in [9.17, 15) is 4.79 Å². The predicted octanol–water partition coefficient (Wildman–Crippen LogP) is 1.32. The average Bonchev–Trinajstić information content (AvgIpc) is 2.61. The molecular weight excluding hydrogens is 204 g/mol. The summed E-state index contributed by atoms with van der Waals surface area (Å²) in [5.74, 6) is 0.0755. The number of nitrogens with one attached hydrogen (secondary N) is 1. The lowest BCUT2D eigenvalue weighted by molar-refractivity contribution is -0.121. The molecule has 0 bridgehead atoms. The van der Waals surface area contributed by atoms with E-state index in [1.54, 1.807) is 6.20 Å². The Morgan fingerprint density at radius 1 is 1.44 bits per heavy atom. The van der Waals surface area contributed by atoms with Gasteiger partial charge in [0, 0.05) is 18.5 Å². The third-order valence-electron chi connectivity index (χ3n) is 2.20. The fourth-order valence-electron chi connectivity index (χ4n) is 1.51. The molecule has 0 aliphatic heterocycles. The van der Waals surface area contributed by atoms with Gasteiger partial charge in [0.1, 0.15) is 0 Å². The molecule has 1 rings (SSSR count). The van der Waals surface area contributed by atoms with Crippen LogP contribution in [0.5, 0.6) is 0 Å². The SMILES string of the molecule is CC(C)NC(=O)CCc1cnnn1C(C)C. The van der Waals surface area contributed by atoms with Gasteiger partial charge in [-0.3, -0.25) is 4.79 Å². The van der Waals surface area contributed by atoms with Gasteiger partial charge in [-0.25, -0.2) is 4.68 Å². The Bertz CT molecular complexity index is 344. The van der Waals surface area contributed by atoms with Crippen molar-refractivity contribution in [2.45, 2.75) is 52.6 Å². The summed E-state index contributed by atoms with van der Waals surface area (Å²) in [6, 6.07) is 0.478. The summed E-state index contributed by atoms with van der Waals surface area (Å²) in [7, 11) is 0. The number of aromatic nitrogens is 3. The highest BCUT2D eigenvalue weighted by Crippen LogP contribution is 2.08. The van der Waals surface area contributed by atoms with Gasteiger partial charge < -0.3 is 5.32 Å². The second-order valence-electron chi connectivity index (χ2n) is 4.49. The molecule has 1 amide bonds. The van der Waals surface area contributed by atoms with Crippen molar-refractivity contribution >= 4 is 5.91 Å². The van der Waals surface area contributed by atoms with E-state index >= 15 is 0 Å². The van der Waals surface area contributed by atoms with Crippen LogP contribution in [0.2, 0.25) is 0 Å². The van der Waals surface area contributed by atoms with Crippen LogP contribution in [0.4, 0.5) is 0 Å². The van der Waals surface area contributed by atoms with Gasteiger partial charge in [-0.2, -0.15) is 0 Å². The molecule has 0 atom stereocenters. The van der Waals surface area contributed by atoms with Crippen molar-refractivity contribution in [3.8, 4) is 0 Å². The first kappa shape index (κ1) is 12.7. The number of carbonyl (C=O) groups is 1.